The molecule has 3 rings (SSSR count). The molecule has 0 aromatic carbocycles. The summed E-state index contributed by atoms with van der Waals surface area (Å²) in [6.07, 6.45) is 7.22. The van der Waals surface area contributed by atoms with E-state index in [9.17, 15) is 0 Å². The first kappa shape index (κ1) is 11.6. The van der Waals surface area contributed by atoms with E-state index in [-0.39, 0.29) is 6.04 Å². The van der Waals surface area contributed by atoms with Crippen molar-refractivity contribution in [3.05, 3.63) is 54.6 Å². The molecule has 0 bridgehead atoms. The van der Waals surface area contributed by atoms with Crippen LogP contribution >= 0.6 is 0 Å². The first-order valence-electron chi connectivity index (χ1n) is 6.01. The van der Waals surface area contributed by atoms with Gasteiger partial charge in [-0.2, -0.15) is 5.10 Å². The van der Waals surface area contributed by atoms with Gasteiger partial charge in [0.2, 0.25) is 0 Å². The van der Waals surface area contributed by atoms with Gasteiger partial charge in [-0.1, -0.05) is 0 Å². The van der Waals surface area contributed by atoms with Crippen LogP contribution in [-0.2, 0) is 14.1 Å². The van der Waals surface area contributed by atoms with Crippen molar-refractivity contribution < 1.29 is 4.42 Å². The topological polar surface area (TPSA) is 60.8 Å². The standard InChI is InChI=1S/C13H15N5O/c1-17-8-6-14-13(17)12(10-4-3-9-19-10)15-11-5-7-18(2)16-11/h3-9,12H,1-2H3,(H,15,16). The highest BCUT2D eigenvalue weighted by Gasteiger charge is 2.21. The quantitative estimate of drug-likeness (QED) is 0.776. The second-order valence-electron chi connectivity index (χ2n) is 4.36. The summed E-state index contributed by atoms with van der Waals surface area (Å²) in [6, 6.07) is 5.55. The van der Waals surface area contributed by atoms with Crippen LogP contribution in [0.1, 0.15) is 17.6 Å². The van der Waals surface area contributed by atoms with Gasteiger partial charge in [-0.15, -0.1) is 0 Å². The molecule has 19 heavy (non-hydrogen) atoms. The van der Waals surface area contributed by atoms with Gasteiger partial charge in [-0.05, 0) is 12.1 Å². The van der Waals surface area contributed by atoms with Gasteiger partial charge in [0.1, 0.15) is 23.4 Å². The van der Waals surface area contributed by atoms with Crippen LogP contribution < -0.4 is 5.32 Å². The molecule has 0 saturated heterocycles. The fourth-order valence-corrected chi connectivity index (χ4v) is 2.01. The lowest BCUT2D eigenvalue weighted by Crippen LogP contribution is -2.16. The Morgan fingerprint density at radius 2 is 2.16 bits per heavy atom. The van der Waals surface area contributed by atoms with E-state index >= 15 is 0 Å². The molecule has 0 aliphatic carbocycles. The molecule has 0 aliphatic rings. The highest BCUT2D eigenvalue weighted by Crippen LogP contribution is 2.24. The Bertz CT molecular complexity index is 652. The lowest BCUT2D eigenvalue weighted by atomic mass is 10.2. The summed E-state index contributed by atoms with van der Waals surface area (Å²) in [4.78, 5) is 4.38. The molecule has 0 spiro atoms. The van der Waals surface area contributed by atoms with E-state index in [1.807, 2.05) is 49.3 Å². The van der Waals surface area contributed by atoms with Crippen LogP contribution in [0.4, 0.5) is 5.82 Å². The van der Waals surface area contributed by atoms with Gasteiger partial charge in [0.25, 0.3) is 0 Å². The normalized spacial score (nSPS) is 12.5. The number of imidazole rings is 1. The van der Waals surface area contributed by atoms with Crippen molar-refractivity contribution in [2.24, 2.45) is 14.1 Å². The van der Waals surface area contributed by atoms with Crippen LogP contribution in [0.25, 0.3) is 0 Å². The molecule has 98 valence electrons. The van der Waals surface area contributed by atoms with Gasteiger partial charge in [0.15, 0.2) is 0 Å². The van der Waals surface area contributed by atoms with Gasteiger partial charge < -0.3 is 14.3 Å². The van der Waals surface area contributed by atoms with E-state index in [0.29, 0.717) is 0 Å². The van der Waals surface area contributed by atoms with Crippen molar-refractivity contribution in [1.29, 1.82) is 0 Å². The number of hydrogen-bond donors (Lipinski definition) is 1. The molecule has 6 nitrogen and oxygen atoms in total. The third-order valence-electron chi connectivity index (χ3n) is 2.95. The van der Waals surface area contributed by atoms with Crippen LogP contribution in [0.2, 0.25) is 0 Å². The summed E-state index contributed by atoms with van der Waals surface area (Å²) in [5.74, 6) is 2.47. The number of nitrogens with one attached hydrogen (secondary N) is 1. The molecule has 0 fully saturated rings. The fraction of sp³-hybridized carbons (Fsp3) is 0.231. The Balaban J connectivity index is 1.95. The number of anilines is 1. The summed E-state index contributed by atoms with van der Waals surface area (Å²) in [5.41, 5.74) is 0. The molecule has 1 atom stereocenters. The number of aryl methyl sites for hydroxylation is 2. The zero-order valence-corrected chi connectivity index (χ0v) is 10.8. The average Bonchev–Trinajstić information content (AvgIpc) is 3.08. The molecule has 6 heteroatoms. The molecular formula is C13H15N5O. The van der Waals surface area contributed by atoms with Gasteiger partial charge in [-0.25, -0.2) is 4.98 Å². The predicted molar refractivity (Wildman–Crippen MR) is 70.6 cm³/mol. The van der Waals surface area contributed by atoms with E-state index in [1.54, 1.807) is 17.1 Å². The molecule has 0 aliphatic heterocycles. The maximum Gasteiger partial charge on any atom is 0.148 e. The van der Waals surface area contributed by atoms with Crippen LogP contribution in [-0.4, -0.2) is 19.3 Å². The zero-order valence-electron chi connectivity index (χ0n) is 10.8. The largest absolute Gasteiger partial charge is 0.467 e. The Morgan fingerprint density at radius 3 is 2.74 bits per heavy atom. The molecule has 0 saturated carbocycles. The van der Waals surface area contributed by atoms with Gasteiger partial charge in [-0.3, -0.25) is 4.68 Å². The van der Waals surface area contributed by atoms with Crippen molar-refractivity contribution in [3.63, 3.8) is 0 Å². The lowest BCUT2D eigenvalue weighted by molar-refractivity contribution is 0.488. The summed E-state index contributed by atoms with van der Waals surface area (Å²) in [5, 5.41) is 7.66. The molecule has 1 unspecified atom stereocenters. The SMILES string of the molecule is Cn1ccc(NC(c2ccco2)c2nccn2C)n1. The molecule has 3 heterocycles. The number of nitrogens with zero attached hydrogens (tertiary/aromatic N) is 4. The molecule has 1 N–H and O–H groups in total. The number of rotatable bonds is 4. The molecular weight excluding hydrogens is 242 g/mol. The third kappa shape index (κ3) is 2.24. The van der Waals surface area contributed by atoms with Gasteiger partial charge in [0, 0.05) is 38.8 Å². The number of hydrogen-bond acceptors (Lipinski definition) is 4. The van der Waals surface area contributed by atoms with Crippen molar-refractivity contribution in [3.8, 4) is 0 Å². The third-order valence-corrected chi connectivity index (χ3v) is 2.95. The Hall–Kier alpha value is -2.50. The van der Waals surface area contributed by atoms with E-state index in [0.717, 1.165) is 17.4 Å². The minimum Gasteiger partial charge on any atom is -0.467 e. The van der Waals surface area contributed by atoms with Crippen molar-refractivity contribution >= 4 is 5.82 Å². The minimum atomic E-state index is -0.162. The smallest absolute Gasteiger partial charge is 0.148 e. The van der Waals surface area contributed by atoms with E-state index in [2.05, 4.69) is 15.4 Å². The Kier molecular flexibility index (Phi) is 2.83. The second kappa shape index (κ2) is 4.64. The Morgan fingerprint density at radius 1 is 1.26 bits per heavy atom. The fourth-order valence-electron chi connectivity index (χ4n) is 2.01. The van der Waals surface area contributed by atoms with Crippen molar-refractivity contribution in [2.75, 3.05) is 5.32 Å². The first-order valence-corrected chi connectivity index (χ1v) is 6.01. The van der Waals surface area contributed by atoms with Gasteiger partial charge in [0.05, 0.1) is 6.26 Å². The van der Waals surface area contributed by atoms with Crippen LogP contribution in [0.5, 0.6) is 0 Å². The van der Waals surface area contributed by atoms with Crippen LogP contribution in [0.3, 0.4) is 0 Å². The lowest BCUT2D eigenvalue weighted by Gasteiger charge is -2.15. The first-order chi connectivity index (χ1) is 9.24. The summed E-state index contributed by atoms with van der Waals surface area (Å²) < 4.78 is 9.21. The van der Waals surface area contributed by atoms with Crippen LogP contribution in [0.15, 0.2) is 47.5 Å². The zero-order chi connectivity index (χ0) is 13.2. The maximum absolute atomic E-state index is 5.50. The molecule has 3 aromatic heterocycles. The number of furan rings is 1. The second-order valence-corrected chi connectivity index (χ2v) is 4.36. The summed E-state index contributed by atoms with van der Waals surface area (Å²) in [7, 11) is 3.84. The van der Waals surface area contributed by atoms with Crippen molar-refractivity contribution in [1.82, 2.24) is 19.3 Å². The molecule has 3 aromatic rings. The predicted octanol–water partition coefficient (Wildman–Crippen LogP) is 1.95. The van der Waals surface area contributed by atoms with Crippen LogP contribution in [0, 0.1) is 0 Å². The summed E-state index contributed by atoms with van der Waals surface area (Å²) >= 11 is 0. The highest BCUT2D eigenvalue weighted by atomic mass is 16.3. The summed E-state index contributed by atoms with van der Waals surface area (Å²) in [6.45, 7) is 0. The molecule has 0 amide bonds. The molecule has 0 radical (unpaired) electrons. The monoisotopic (exact) mass is 257 g/mol. The van der Waals surface area contributed by atoms with E-state index in [4.69, 9.17) is 4.42 Å². The van der Waals surface area contributed by atoms with Gasteiger partial charge >= 0.3 is 0 Å². The van der Waals surface area contributed by atoms with E-state index < -0.39 is 0 Å². The Labute approximate surface area is 110 Å². The maximum atomic E-state index is 5.50. The van der Waals surface area contributed by atoms with E-state index in [1.165, 1.54) is 0 Å². The van der Waals surface area contributed by atoms with Crippen molar-refractivity contribution in [2.45, 2.75) is 6.04 Å². The highest BCUT2D eigenvalue weighted by molar-refractivity contribution is 5.38. The number of aromatic nitrogens is 4. The minimum absolute atomic E-state index is 0.162. The average molecular weight is 257 g/mol.